The molecule has 1 N–H and O–H groups in total. The molecule has 0 aromatic heterocycles. The summed E-state index contributed by atoms with van der Waals surface area (Å²) < 4.78 is 5.43. The van der Waals surface area contributed by atoms with Crippen LogP contribution >= 0.6 is 11.8 Å². The van der Waals surface area contributed by atoms with Crippen LogP contribution in [0.4, 0.5) is 0 Å². The van der Waals surface area contributed by atoms with Crippen LogP contribution in [0.25, 0.3) is 0 Å². The Morgan fingerprint density at radius 2 is 2.03 bits per heavy atom. The summed E-state index contributed by atoms with van der Waals surface area (Å²) in [4.78, 5) is 29.3. The number of carbonyl (C=O) groups is 2. The van der Waals surface area contributed by atoms with Crippen LogP contribution in [0.2, 0.25) is 0 Å². The van der Waals surface area contributed by atoms with Crippen molar-refractivity contribution in [3.8, 4) is 0 Å². The lowest BCUT2D eigenvalue weighted by Crippen LogP contribution is -2.50. The standard InChI is InChI=1S/C25H34N2O3S.CH4.H2/c1-30-17-20-15-19(25(29)27-13-6-8-18-7-2-3-10-23(18)27)11-12-22(20)26-24(28)16-21-9-4-5-14-31-21;;/h5,9,11-12,14,18,20,23H,2-4,6-8,10,13,15-17H2,1H3,(H,26,28);1H4;1H/t18-,20?,23?;;/m0../s1. The minimum absolute atomic E-state index is 0. The van der Waals surface area contributed by atoms with Gasteiger partial charge in [-0.15, -0.1) is 11.8 Å². The molecule has 5 nitrogen and oxygen atoms in total. The van der Waals surface area contributed by atoms with Crippen LogP contribution < -0.4 is 5.32 Å². The first-order valence-corrected chi connectivity index (χ1v) is 12.5. The number of hydrogen-bond donors (Lipinski definition) is 1. The molecule has 0 radical (unpaired) electrons. The first-order chi connectivity index (χ1) is 15.2. The fraction of sp³-hybridized carbons (Fsp3) is 0.615. The van der Waals surface area contributed by atoms with Gasteiger partial charge in [-0.2, -0.15) is 0 Å². The van der Waals surface area contributed by atoms with Gasteiger partial charge in [0.05, 0.1) is 13.0 Å². The van der Waals surface area contributed by atoms with Crippen molar-refractivity contribution in [2.45, 2.75) is 71.3 Å². The number of thioether (sulfide) groups is 1. The van der Waals surface area contributed by atoms with Gasteiger partial charge in [0, 0.05) is 38.3 Å². The Hall–Kier alpha value is -1.79. The fourth-order valence-electron chi connectivity index (χ4n) is 5.40. The van der Waals surface area contributed by atoms with Crippen molar-refractivity contribution < 1.29 is 15.8 Å². The molecule has 4 rings (SSSR count). The highest BCUT2D eigenvalue weighted by Crippen LogP contribution is 2.37. The maximum absolute atomic E-state index is 13.4. The van der Waals surface area contributed by atoms with Gasteiger partial charge in [-0.05, 0) is 60.8 Å². The molecule has 2 fully saturated rings. The molecule has 3 atom stereocenters. The molecule has 4 aliphatic rings. The van der Waals surface area contributed by atoms with Gasteiger partial charge in [-0.25, -0.2) is 0 Å². The van der Waals surface area contributed by atoms with Crippen LogP contribution in [0.1, 0.15) is 66.6 Å². The number of fused-ring (bicyclic) bond motifs is 1. The predicted molar refractivity (Wildman–Crippen MR) is 134 cm³/mol. The molecular formula is C26H40N2O3S. The lowest BCUT2D eigenvalue weighted by molar-refractivity contribution is -0.133. The smallest absolute Gasteiger partial charge is 0.250 e. The summed E-state index contributed by atoms with van der Waals surface area (Å²) in [5.74, 6) is 0.857. The van der Waals surface area contributed by atoms with Gasteiger partial charge in [0.15, 0.2) is 0 Å². The Balaban J connectivity index is 0.00000193. The maximum atomic E-state index is 13.4. The largest absolute Gasteiger partial charge is 0.384 e. The number of ether oxygens (including phenoxy) is 1. The molecular weight excluding hydrogens is 420 g/mol. The van der Waals surface area contributed by atoms with E-state index in [1.165, 1.54) is 25.7 Å². The van der Waals surface area contributed by atoms with E-state index >= 15 is 0 Å². The highest BCUT2D eigenvalue weighted by atomic mass is 32.2. The number of hydrogen-bond acceptors (Lipinski definition) is 4. The summed E-state index contributed by atoms with van der Waals surface area (Å²) in [6.07, 6.45) is 17.2. The SMILES string of the molecule is C.COCC1CC(C(=O)N2CCC[C@@H]3CCCCC32)=CC=C1NC(=O)CC1=CCC=CS1.[HH]. The zero-order valence-electron chi connectivity index (χ0n) is 18.5. The zero-order valence-corrected chi connectivity index (χ0v) is 19.3. The maximum Gasteiger partial charge on any atom is 0.250 e. The minimum atomic E-state index is -0.00865. The molecule has 1 saturated carbocycles. The number of methoxy groups -OCH3 is 1. The average molecular weight is 461 g/mol. The number of likely N-dealkylation sites (tertiary alicyclic amines) is 1. The van der Waals surface area contributed by atoms with Crippen molar-refractivity contribution in [3.05, 3.63) is 45.9 Å². The van der Waals surface area contributed by atoms with E-state index < -0.39 is 0 Å². The molecule has 0 aromatic carbocycles. The second kappa shape index (κ2) is 11.9. The molecule has 2 amide bonds. The highest BCUT2D eigenvalue weighted by Gasteiger charge is 2.37. The Morgan fingerprint density at radius 1 is 1.22 bits per heavy atom. The molecule has 2 aliphatic carbocycles. The number of allylic oxidation sites excluding steroid dienone is 4. The third-order valence-electron chi connectivity index (χ3n) is 6.93. The van der Waals surface area contributed by atoms with Crippen LogP contribution in [0, 0.1) is 11.8 Å². The molecule has 0 aromatic rings. The van der Waals surface area contributed by atoms with Gasteiger partial charge in [-0.3, -0.25) is 9.59 Å². The molecule has 2 aliphatic heterocycles. The van der Waals surface area contributed by atoms with Gasteiger partial charge in [0.25, 0.3) is 0 Å². The number of piperidine rings is 1. The van der Waals surface area contributed by atoms with E-state index in [0.717, 1.165) is 42.0 Å². The first-order valence-electron chi connectivity index (χ1n) is 11.7. The third kappa shape index (κ3) is 5.96. The van der Waals surface area contributed by atoms with Crippen LogP contribution in [0.3, 0.4) is 0 Å². The van der Waals surface area contributed by atoms with Crippen LogP contribution in [0.5, 0.6) is 0 Å². The number of rotatable bonds is 6. The number of nitrogens with one attached hydrogen (secondary N) is 1. The monoisotopic (exact) mass is 460 g/mol. The Morgan fingerprint density at radius 3 is 2.81 bits per heavy atom. The molecule has 0 bridgehead atoms. The quantitative estimate of drug-likeness (QED) is 0.563. The average Bonchev–Trinajstić information content (AvgIpc) is 2.80. The summed E-state index contributed by atoms with van der Waals surface area (Å²) in [6.45, 7) is 1.36. The molecule has 0 spiro atoms. The second-order valence-corrected chi connectivity index (χ2v) is 10.1. The van der Waals surface area contributed by atoms with E-state index in [-0.39, 0.29) is 26.6 Å². The van der Waals surface area contributed by atoms with Crippen molar-refractivity contribution >= 4 is 23.6 Å². The number of nitrogens with zero attached hydrogens (tertiary/aromatic N) is 1. The van der Waals surface area contributed by atoms with Gasteiger partial charge in [-0.1, -0.05) is 38.5 Å². The summed E-state index contributed by atoms with van der Waals surface area (Å²) in [6, 6.07) is 0.414. The lowest BCUT2D eigenvalue weighted by Gasteiger charge is -2.44. The first kappa shape index (κ1) is 24.8. The zero-order chi connectivity index (χ0) is 21.6. The van der Waals surface area contributed by atoms with Crippen molar-refractivity contribution in [2.24, 2.45) is 11.8 Å². The molecule has 6 heteroatoms. The van der Waals surface area contributed by atoms with E-state index in [2.05, 4.69) is 22.4 Å². The number of carbonyl (C=O) groups excluding carboxylic acids is 2. The Bertz CT molecular complexity index is 818. The van der Waals surface area contributed by atoms with Crippen LogP contribution in [0.15, 0.2) is 45.9 Å². The van der Waals surface area contributed by atoms with Gasteiger partial charge in [0.2, 0.25) is 11.8 Å². The number of amides is 2. The lowest BCUT2D eigenvalue weighted by atomic mass is 9.78. The molecule has 178 valence electrons. The summed E-state index contributed by atoms with van der Waals surface area (Å²) >= 11 is 1.61. The molecule has 32 heavy (non-hydrogen) atoms. The van der Waals surface area contributed by atoms with Crippen molar-refractivity contribution in [1.82, 2.24) is 10.2 Å². The minimum Gasteiger partial charge on any atom is -0.384 e. The Kier molecular flexibility index (Phi) is 9.23. The highest BCUT2D eigenvalue weighted by molar-refractivity contribution is 8.05. The van der Waals surface area contributed by atoms with Crippen molar-refractivity contribution in [3.63, 3.8) is 0 Å². The van der Waals surface area contributed by atoms with E-state index in [4.69, 9.17) is 4.74 Å². The predicted octanol–water partition coefficient (Wildman–Crippen LogP) is 5.57. The van der Waals surface area contributed by atoms with Gasteiger partial charge >= 0.3 is 0 Å². The third-order valence-corrected chi connectivity index (χ3v) is 7.87. The van der Waals surface area contributed by atoms with E-state index in [0.29, 0.717) is 31.4 Å². The summed E-state index contributed by atoms with van der Waals surface area (Å²) in [5.41, 5.74) is 1.71. The van der Waals surface area contributed by atoms with Crippen LogP contribution in [-0.4, -0.2) is 43.0 Å². The molecule has 2 heterocycles. The van der Waals surface area contributed by atoms with E-state index in [9.17, 15) is 9.59 Å². The molecule has 1 saturated heterocycles. The Labute approximate surface area is 198 Å². The fourth-order valence-corrected chi connectivity index (χ4v) is 6.19. The summed E-state index contributed by atoms with van der Waals surface area (Å²) in [5, 5.41) is 5.12. The normalized spacial score (nSPS) is 27.3. The molecule has 2 unspecified atom stereocenters. The topological polar surface area (TPSA) is 58.6 Å². The van der Waals surface area contributed by atoms with Gasteiger partial charge < -0.3 is 15.0 Å². The van der Waals surface area contributed by atoms with Gasteiger partial charge in [0.1, 0.15) is 0 Å². The second-order valence-electron chi connectivity index (χ2n) is 9.04. The van der Waals surface area contributed by atoms with Crippen molar-refractivity contribution in [2.75, 3.05) is 20.3 Å². The van der Waals surface area contributed by atoms with E-state index in [1.54, 1.807) is 18.9 Å². The van der Waals surface area contributed by atoms with E-state index in [1.807, 2.05) is 17.6 Å². The van der Waals surface area contributed by atoms with Crippen molar-refractivity contribution in [1.29, 1.82) is 0 Å². The summed E-state index contributed by atoms with van der Waals surface area (Å²) in [7, 11) is 1.67. The van der Waals surface area contributed by atoms with Crippen LogP contribution in [-0.2, 0) is 14.3 Å².